The van der Waals surface area contributed by atoms with E-state index in [2.05, 4.69) is 40.0 Å². The van der Waals surface area contributed by atoms with Crippen molar-refractivity contribution in [2.24, 2.45) is 5.41 Å². The number of rotatable bonds is 1. The number of thiazole rings is 1. The van der Waals surface area contributed by atoms with Crippen molar-refractivity contribution in [1.29, 1.82) is 0 Å². The van der Waals surface area contributed by atoms with Gasteiger partial charge in [0.25, 0.3) is 5.91 Å². The number of benzene rings is 1. The molecule has 0 saturated carbocycles. The lowest BCUT2D eigenvalue weighted by atomic mass is 9.88. The molecule has 2 aliphatic heterocycles. The molecule has 1 aromatic heterocycles. The van der Waals surface area contributed by atoms with Gasteiger partial charge in [0.1, 0.15) is 17.2 Å². The largest absolute Gasteiger partial charge is 0.489 e. The highest BCUT2D eigenvalue weighted by molar-refractivity contribution is 9.10. The fourth-order valence-corrected chi connectivity index (χ4v) is 4.44. The Morgan fingerprint density at radius 1 is 1.42 bits per heavy atom. The number of halogens is 1. The number of ether oxygens (including phenoxy) is 1. The van der Waals surface area contributed by atoms with Crippen molar-refractivity contribution in [3.63, 3.8) is 0 Å². The van der Waals surface area contributed by atoms with Crippen molar-refractivity contribution in [1.82, 2.24) is 10.3 Å². The molecule has 0 atom stereocenters. The first kappa shape index (κ1) is 15.9. The monoisotopic (exact) mass is 407 g/mol. The van der Waals surface area contributed by atoms with Gasteiger partial charge >= 0.3 is 0 Å². The molecule has 1 N–H and O–H groups in total. The van der Waals surface area contributed by atoms with Crippen LogP contribution in [-0.2, 0) is 6.42 Å². The molecule has 0 saturated heterocycles. The zero-order valence-corrected chi connectivity index (χ0v) is 16.0. The molecule has 5 nitrogen and oxygen atoms in total. The number of amides is 1. The molecule has 24 heavy (non-hydrogen) atoms. The van der Waals surface area contributed by atoms with Crippen molar-refractivity contribution in [2.45, 2.75) is 20.3 Å². The summed E-state index contributed by atoms with van der Waals surface area (Å²) in [7, 11) is 0. The van der Waals surface area contributed by atoms with E-state index in [1.807, 2.05) is 18.2 Å². The summed E-state index contributed by atoms with van der Waals surface area (Å²) in [6, 6.07) is 5.99. The Balaban J connectivity index is 1.75. The van der Waals surface area contributed by atoms with E-state index in [-0.39, 0.29) is 11.3 Å². The summed E-state index contributed by atoms with van der Waals surface area (Å²) < 4.78 is 6.74. The summed E-state index contributed by atoms with van der Waals surface area (Å²) in [4.78, 5) is 20.1. The maximum Gasteiger partial charge on any atom is 0.263 e. The number of carbonyl (C=O) groups excluding carboxylic acids is 1. The lowest BCUT2D eigenvalue weighted by molar-refractivity contribution is 0.0948. The van der Waals surface area contributed by atoms with E-state index >= 15 is 0 Å². The van der Waals surface area contributed by atoms with Crippen LogP contribution in [0.3, 0.4) is 0 Å². The molecule has 1 aromatic carbocycles. The van der Waals surface area contributed by atoms with E-state index in [0.29, 0.717) is 13.2 Å². The number of nitrogens with zero attached hydrogens (tertiary/aromatic N) is 2. The highest BCUT2D eigenvalue weighted by Crippen LogP contribution is 2.41. The average molecular weight is 408 g/mol. The Labute approximate surface area is 153 Å². The Morgan fingerprint density at radius 2 is 2.25 bits per heavy atom. The third kappa shape index (κ3) is 2.80. The minimum Gasteiger partial charge on any atom is -0.489 e. The van der Waals surface area contributed by atoms with Crippen LogP contribution in [-0.4, -0.2) is 30.6 Å². The average Bonchev–Trinajstić information content (AvgIpc) is 2.90. The summed E-state index contributed by atoms with van der Waals surface area (Å²) in [6.07, 6.45) is 0.801. The van der Waals surface area contributed by atoms with E-state index in [9.17, 15) is 4.79 Å². The second-order valence-corrected chi connectivity index (χ2v) is 8.80. The van der Waals surface area contributed by atoms with Gasteiger partial charge in [-0.1, -0.05) is 41.1 Å². The summed E-state index contributed by atoms with van der Waals surface area (Å²) in [6.45, 7) is 6.32. The minimum absolute atomic E-state index is 0.0105. The maximum atomic E-state index is 12.4. The second kappa shape index (κ2) is 5.74. The van der Waals surface area contributed by atoms with E-state index in [0.717, 1.165) is 44.6 Å². The number of anilines is 2. The molecule has 4 rings (SSSR count). The molecule has 0 aliphatic carbocycles. The van der Waals surface area contributed by atoms with Crippen LogP contribution < -0.4 is 15.0 Å². The van der Waals surface area contributed by atoms with Crippen LogP contribution in [0.5, 0.6) is 5.75 Å². The molecule has 0 fully saturated rings. The van der Waals surface area contributed by atoms with Gasteiger partial charge in [-0.25, -0.2) is 4.98 Å². The van der Waals surface area contributed by atoms with Crippen molar-refractivity contribution in [2.75, 3.05) is 24.6 Å². The summed E-state index contributed by atoms with van der Waals surface area (Å²) >= 11 is 4.94. The predicted molar refractivity (Wildman–Crippen MR) is 98.6 cm³/mol. The molecule has 2 aromatic rings. The molecule has 0 bridgehead atoms. The van der Waals surface area contributed by atoms with Gasteiger partial charge in [-0.3, -0.25) is 4.79 Å². The SMILES string of the molecule is CC1(C)CNC(=O)c2sc(N3CCOc4cc(Br)ccc43)nc2C1. The quantitative estimate of drug-likeness (QED) is 0.781. The number of fused-ring (bicyclic) bond motifs is 2. The number of carbonyl (C=O) groups is 1. The topological polar surface area (TPSA) is 54.5 Å². The third-order valence-corrected chi connectivity index (χ3v) is 5.89. The van der Waals surface area contributed by atoms with Gasteiger partial charge in [0.2, 0.25) is 0 Å². The molecule has 0 radical (unpaired) electrons. The Hall–Kier alpha value is -1.60. The van der Waals surface area contributed by atoms with Crippen LogP contribution >= 0.6 is 27.3 Å². The molecule has 0 spiro atoms. The first-order chi connectivity index (χ1) is 11.4. The zero-order chi connectivity index (χ0) is 16.9. The second-order valence-electron chi connectivity index (χ2n) is 6.91. The molecular weight excluding hydrogens is 390 g/mol. The third-order valence-electron chi connectivity index (χ3n) is 4.28. The number of aromatic nitrogens is 1. The van der Waals surface area contributed by atoms with Crippen molar-refractivity contribution in [3.05, 3.63) is 33.2 Å². The van der Waals surface area contributed by atoms with Gasteiger partial charge in [0.05, 0.1) is 17.9 Å². The van der Waals surface area contributed by atoms with E-state index in [1.165, 1.54) is 11.3 Å². The lowest BCUT2D eigenvalue weighted by Crippen LogP contribution is -2.32. The number of hydrogen-bond acceptors (Lipinski definition) is 5. The van der Waals surface area contributed by atoms with Crippen molar-refractivity contribution >= 4 is 44.0 Å². The van der Waals surface area contributed by atoms with E-state index in [4.69, 9.17) is 9.72 Å². The zero-order valence-electron chi connectivity index (χ0n) is 13.6. The van der Waals surface area contributed by atoms with Gasteiger partial charge in [-0.15, -0.1) is 0 Å². The predicted octanol–water partition coefficient (Wildman–Crippen LogP) is 3.75. The van der Waals surface area contributed by atoms with Crippen LogP contribution in [0.1, 0.15) is 29.2 Å². The fraction of sp³-hybridized carbons (Fsp3) is 0.412. The van der Waals surface area contributed by atoms with Crippen LogP contribution in [0.25, 0.3) is 0 Å². The summed E-state index contributed by atoms with van der Waals surface area (Å²) in [5, 5.41) is 3.88. The van der Waals surface area contributed by atoms with Crippen LogP contribution in [0.15, 0.2) is 22.7 Å². The Bertz CT molecular complexity index is 818. The molecule has 0 unspecified atom stereocenters. The minimum atomic E-state index is -0.0105. The molecule has 3 heterocycles. The molecule has 2 aliphatic rings. The van der Waals surface area contributed by atoms with Gasteiger partial charge in [-0.05, 0) is 30.0 Å². The van der Waals surface area contributed by atoms with Crippen LogP contribution in [0.2, 0.25) is 0 Å². The summed E-state index contributed by atoms with van der Waals surface area (Å²) in [5.74, 6) is 0.828. The Kier molecular flexibility index (Phi) is 3.80. The van der Waals surface area contributed by atoms with Crippen LogP contribution in [0, 0.1) is 5.41 Å². The molecule has 126 valence electrons. The highest BCUT2D eigenvalue weighted by atomic mass is 79.9. The van der Waals surface area contributed by atoms with E-state index in [1.54, 1.807) is 0 Å². The van der Waals surface area contributed by atoms with E-state index < -0.39 is 0 Å². The van der Waals surface area contributed by atoms with Gasteiger partial charge in [0.15, 0.2) is 5.13 Å². The Morgan fingerprint density at radius 3 is 3.08 bits per heavy atom. The maximum absolute atomic E-state index is 12.4. The number of hydrogen-bond donors (Lipinski definition) is 1. The smallest absolute Gasteiger partial charge is 0.263 e. The fourth-order valence-electron chi connectivity index (χ4n) is 3.06. The lowest BCUT2D eigenvalue weighted by Gasteiger charge is -2.29. The highest BCUT2D eigenvalue weighted by Gasteiger charge is 2.32. The van der Waals surface area contributed by atoms with Gasteiger partial charge in [0, 0.05) is 11.0 Å². The van der Waals surface area contributed by atoms with Gasteiger partial charge in [-0.2, -0.15) is 0 Å². The summed E-state index contributed by atoms with van der Waals surface area (Å²) in [5.41, 5.74) is 1.91. The number of nitrogens with one attached hydrogen (secondary N) is 1. The molecule has 7 heteroatoms. The van der Waals surface area contributed by atoms with Gasteiger partial charge < -0.3 is 15.0 Å². The van der Waals surface area contributed by atoms with Crippen molar-refractivity contribution in [3.8, 4) is 5.75 Å². The molecule has 1 amide bonds. The standard InChI is InChI=1S/C17H18BrN3O2S/c1-17(2)8-11-14(15(22)19-9-17)24-16(20-11)21-5-6-23-13-7-10(18)3-4-12(13)21/h3-4,7H,5-6,8-9H2,1-2H3,(H,19,22). The van der Waals surface area contributed by atoms with Crippen molar-refractivity contribution < 1.29 is 9.53 Å². The normalized spacial score (nSPS) is 19.0. The molecular formula is C17H18BrN3O2S. The first-order valence-electron chi connectivity index (χ1n) is 7.91. The van der Waals surface area contributed by atoms with Crippen LogP contribution in [0.4, 0.5) is 10.8 Å². The first-order valence-corrected chi connectivity index (χ1v) is 9.52.